The van der Waals surface area contributed by atoms with Crippen molar-refractivity contribution in [1.29, 1.82) is 0 Å². The molecule has 0 atom stereocenters. The summed E-state index contributed by atoms with van der Waals surface area (Å²) >= 11 is 0. The van der Waals surface area contributed by atoms with Gasteiger partial charge in [-0.15, -0.1) is 24.0 Å². The Morgan fingerprint density at radius 3 is 2.47 bits per heavy atom. The van der Waals surface area contributed by atoms with Crippen molar-refractivity contribution in [3.8, 4) is 0 Å². The molecule has 0 amide bonds. The third kappa shape index (κ3) is 8.17. The van der Waals surface area contributed by atoms with E-state index in [2.05, 4.69) is 20.5 Å². The molecular formula is C24H38FIN4O2. The van der Waals surface area contributed by atoms with Crippen LogP contribution in [0.15, 0.2) is 29.3 Å². The predicted octanol–water partition coefficient (Wildman–Crippen LogP) is 3.94. The van der Waals surface area contributed by atoms with Crippen molar-refractivity contribution in [2.24, 2.45) is 16.8 Å². The van der Waals surface area contributed by atoms with Gasteiger partial charge in [-0.25, -0.2) is 4.39 Å². The number of piperidine rings is 1. The minimum absolute atomic E-state index is 0. The first-order valence-corrected chi connectivity index (χ1v) is 11.7. The summed E-state index contributed by atoms with van der Waals surface area (Å²) in [5.74, 6) is 1.31. The molecule has 0 aromatic heterocycles. The number of ether oxygens (including phenoxy) is 1. The summed E-state index contributed by atoms with van der Waals surface area (Å²) in [5.41, 5.74) is 0.779. The number of esters is 1. The fourth-order valence-electron chi connectivity index (χ4n) is 4.58. The number of nitrogens with one attached hydrogen (secondary N) is 2. The second-order valence-corrected chi connectivity index (χ2v) is 8.71. The second-order valence-electron chi connectivity index (χ2n) is 8.71. The van der Waals surface area contributed by atoms with E-state index in [0.717, 1.165) is 69.7 Å². The van der Waals surface area contributed by atoms with E-state index < -0.39 is 0 Å². The number of carbonyl (C=O) groups is 1. The Kier molecular flexibility index (Phi) is 11.7. The van der Waals surface area contributed by atoms with Gasteiger partial charge >= 0.3 is 5.97 Å². The first-order chi connectivity index (χ1) is 15.1. The zero-order valence-corrected chi connectivity index (χ0v) is 21.6. The molecular weight excluding hydrogens is 522 g/mol. The van der Waals surface area contributed by atoms with Gasteiger partial charge in [0, 0.05) is 31.7 Å². The Hall–Kier alpha value is -1.42. The van der Waals surface area contributed by atoms with E-state index in [1.807, 2.05) is 19.1 Å². The number of halogens is 2. The van der Waals surface area contributed by atoms with Gasteiger partial charge in [0.25, 0.3) is 0 Å². The van der Waals surface area contributed by atoms with Gasteiger partial charge in [0.05, 0.1) is 12.5 Å². The van der Waals surface area contributed by atoms with Crippen molar-refractivity contribution in [1.82, 2.24) is 15.5 Å². The fourth-order valence-corrected chi connectivity index (χ4v) is 4.58. The molecule has 32 heavy (non-hydrogen) atoms. The quantitative estimate of drug-likeness (QED) is 0.229. The number of benzene rings is 1. The largest absolute Gasteiger partial charge is 0.466 e. The zero-order chi connectivity index (χ0) is 22.1. The number of carbonyl (C=O) groups excluding carboxylic acids is 1. The van der Waals surface area contributed by atoms with Crippen LogP contribution in [-0.4, -0.2) is 56.2 Å². The van der Waals surface area contributed by atoms with Crippen molar-refractivity contribution in [2.45, 2.75) is 58.0 Å². The van der Waals surface area contributed by atoms with Crippen LogP contribution in [-0.2, 0) is 16.1 Å². The lowest BCUT2D eigenvalue weighted by atomic mass is 9.86. The van der Waals surface area contributed by atoms with Crippen LogP contribution in [0.4, 0.5) is 4.39 Å². The van der Waals surface area contributed by atoms with Gasteiger partial charge in [-0.2, -0.15) is 0 Å². The molecule has 0 radical (unpaired) electrons. The normalized spacial score (nSPS) is 22.7. The summed E-state index contributed by atoms with van der Waals surface area (Å²) in [7, 11) is 1.80. The van der Waals surface area contributed by atoms with Crippen molar-refractivity contribution >= 4 is 35.9 Å². The van der Waals surface area contributed by atoms with Crippen LogP contribution in [0.2, 0.25) is 0 Å². The van der Waals surface area contributed by atoms with Gasteiger partial charge < -0.3 is 15.4 Å². The van der Waals surface area contributed by atoms with Crippen LogP contribution < -0.4 is 10.6 Å². The summed E-state index contributed by atoms with van der Waals surface area (Å²) in [4.78, 5) is 18.6. The minimum atomic E-state index is -0.113. The number of aliphatic imine (C=N–C) groups is 1. The van der Waals surface area contributed by atoms with Gasteiger partial charge in [0.1, 0.15) is 5.82 Å². The lowest BCUT2D eigenvalue weighted by Crippen LogP contribution is -2.47. The van der Waals surface area contributed by atoms with E-state index in [1.165, 1.54) is 6.07 Å². The van der Waals surface area contributed by atoms with Crippen molar-refractivity contribution in [3.05, 3.63) is 35.6 Å². The maximum Gasteiger partial charge on any atom is 0.308 e. The highest BCUT2D eigenvalue weighted by molar-refractivity contribution is 14.0. The van der Waals surface area contributed by atoms with E-state index in [0.29, 0.717) is 25.1 Å². The smallest absolute Gasteiger partial charge is 0.308 e. The molecule has 2 aliphatic rings. The van der Waals surface area contributed by atoms with E-state index in [1.54, 1.807) is 13.1 Å². The lowest BCUT2D eigenvalue weighted by Gasteiger charge is -2.33. The summed E-state index contributed by atoms with van der Waals surface area (Å²) in [5, 5.41) is 7.00. The Morgan fingerprint density at radius 1 is 1.16 bits per heavy atom. The molecule has 1 saturated heterocycles. The van der Waals surface area contributed by atoms with Crippen LogP contribution in [0.25, 0.3) is 0 Å². The van der Waals surface area contributed by atoms with Crippen molar-refractivity contribution < 1.29 is 13.9 Å². The van der Waals surface area contributed by atoms with Crippen molar-refractivity contribution in [2.75, 3.05) is 33.3 Å². The van der Waals surface area contributed by atoms with Crippen LogP contribution in [0.5, 0.6) is 0 Å². The first kappa shape index (κ1) is 26.8. The molecule has 180 valence electrons. The van der Waals surface area contributed by atoms with E-state index in [9.17, 15) is 9.18 Å². The predicted molar refractivity (Wildman–Crippen MR) is 137 cm³/mol. The van der Waals surface area contributed by atoms with E-state index in [-0.39, 0.29) is 41.7 Å². The van der Waals surface area contributed by atoms with Crippen LogP contribution in [0, 0.1) is 17.7 Å². The number of nitrogens with zero attached hydrogens (tertiary/aromatic N) is 2. The second kappa shape index (κ2) is 14.0. The third-order valence-corrected chi connectivity index (χ3v) is 6.53. The summed E-state index contributed by atoms with van der Waals surface area (Å²) in [6.07, 6.45) is 5.85. The molecule has 2 fully saturated rings. The van der Waals surface area contributed by atoms with Gasteiger partial charge in [0.15, 0.2) is 5.96 Å². The molecule has 1 saturated carbocycles. The average Bonchev–Trinajstić information content (AvgIpc) is 2.79. The van der Waals surface area contributed by atoms with Crippen LogP contribution in [0.3, 0.4) is 0 Å². The maximum atomic E-state index is 13.9. The molecule has 1 heterocycles. The molecule has 1 aromatic rings. The molecule has 3 rings (SSSR count). The number of hydrogen-bond acceptors (Lipinski definition) is 4. The Balaban J connectivity index is 0.00000363. The Bertz CT molecular complexity index is 732. The van der Waals surface area contributed by atoms with Gasteiger partial charge in [0.2, 0.25) is 0 Å². The molecule has 0 spiro atoms. The number of likely N-dealkylation sites (tertiary alicyclic amines) is 1. The SMILES string of the molecule is CCOC(=O)C1CCC(NC(=NC)NCC2CCN(Cc3ccccc3F)CC2)CC1.I. The monoisotopic (exact) mass is 560 g/mol. The number of guanidine groups is 1. The standard InChI is InChI=1S/C24H37FN4O2.HI/c1-3-31-23(30)19-8-10-21(11-9-19)28-24(26-2)27-16-18-12-14-29(15-13-18)17-20-6-4-5-7-22(20)25;/h4-7,18-19,21H,3,8-17H2,1-2H3,(H2,26,27,28);1H. The average molecular weight is 560 g/mol. The lowest BCUT2D eigenvalue weighted by molar-refractivity contribution is -0.149. The van der Waals surface area contributed by atoms with Crippen molar-refractivity contribution in [3.63, 3.8) is 0 Å². The number of hydrogen-bond donors (Lipinski definition) is 2. The number of rotatable bonds is 7. The molecule has 8 heteroatoms. The Labute approximate surface area is 208 Å². The molecule has 2 N–H and O–H groups in total. The first-order valence-electron chi connectivity index (χ1n) is 11.7. The molecule has 1 aliphatic heterocycles. The minimum Gasteiger partial charge on any atom is -0.466 e. The summed E-state index contributed by atoms with van der Waals surface area (Å²) < 4.78 is 19.0. The van der Waals surface area contributed by atoms with Crippen LogP contribution >= 0.6 is 24.0 Å². The molecule has 6 nitrogen and oxygen atoms in total. The fraction of sp³-hybridized carbons (Fsp3) is 0.667. The molecule has 0 bridgehead atoms. The maximum absolute atomic E-state index is 13.9. The van der Waals surface area contributed by atoms with Gasteiger partial charge in [-0.05, 0) is 70.5 Å². The van der Waals surface area contributed by atoms with Gasteiger partial charge in [-0.3, -0.25) is 14.7 Å². The van der Waals surface area contributed by atoms with E-state index >= 15 is 0 Å². The molecule has 1 aromatic carbocycles. The summed E-state index contributed by atoms with van der Waals surface area (Å²) in [6.45, 7) is 5.87. The molecule has 1 aliphatic carbocycles. The zero-order valence-electron chi connectivity index (χ0n) is 19.3. The highest BCUT2D eigenvalue weighted by Gasteiger charge is 2.28. The highest BCUT2D eigenvalue weighted by Crippen LogP contribution is 2.25. The van der Waals surface area contributed by atoms with Crippen LogP contribution in [0.1, 0.15) is 51.0 Å². The highest BCUT2D eigenvalue weighted by atomic mass is 127. The third-order valence-electron chi connectivity index (χ3n) is 6.53. The van der Waals surface area contributed by atoms with Gasteiger partial charge in [-0.1, -0.05) is 18.2 Å². The van der Waals surface area contributed by atoms with E-state index in [4.69, 9.17) is 4.74 Å². The molecule has 0 unspecified atom stereocenters. The Morgan fingerprint density at radius 2 is 1.84 bits per heavy atom. The topological polar surface area (TPSA) is 66.0 Å². The summed E-state index contributed by atoms with van der Waals surface area (Å²) in [6, 6.07) is 7.40.